The van der Waals surface area contributed by atoms with Crippen molar-refractivity contribution in [2.24, 2.45) is 0 Å². The van der Waals surface area contributed by atoms with Gasteiger partial charge in [-0.05, 0) is 19.3 Å². The second kappa shape index (κ2) is 2.41. The SMILES string of the molecule is Br.[N-]=[N+]1C2=C3CCCC31CCC2. The highest BCUT2D eigenvalue weighted by Crippen LogP contribution is 2.56. The number of halogens is 1. The number of nitrogens with zero attached hydrogens (tertiary/aromatic N) is 2. The summed E-state index contributed by atoms with van der Waals surface area (Å²) in [6.45, 7) is 0. The van der Waals surface area contributed by atoms with E-state index in [1.807, 2.05) is 0 Å². The molecule has 2 nitrogen and oxygen atoms in total. The zero-order valence-electron chi connectivity index (χ0n) is 7.05. The number of hydrogen-bond acceptors (Lipinski definition) is 0. The zero-order valence-corrected chi connectivity index (χ0v) is 8.76. The molecule has 0 N–H and O–H groups in total. The molecule has 2 fully saturated rings. The van der Waals surface area contributed by atoms with E-state index < -0.39 is 0 Å². The van der Waals surface area contributed by atoms with E-state index >= 15 is 0 Å². The van der Waals surface area contributed by atoms with Gasteiger partial charge in [0.1, 0.15) is 0 Å². The molecule has 1 saturated heterocycles. The lowest BCUT2D eigenvalue weighted by atomic mass is 9.73. The molecular weight excluding hydrogens is 216 g/mol. The van der Waals surface area contributed by atoms with Crippen LogP contribution < -0.4 is 0 Å². The Labute approximate surface area is 82.9 Å². The molecule has 0 aromatic carbocycles. The topological polar surface area (TPSA) is 25.3 Å². The summed E-state index contributed by atoms with van der Waals surface area (Å²) in [4.78, 5) is 0. The van der Waals surface area contributed by atoms with Crippen LogP contribution >= 0.6 is 17.0 Å². The molecule has 2 aliphatic heterocycles. The van der Waals surface area contributed by atoms with Crippen LogP contribution in [0, 0.1) is 0 Å². The fourth-order valence-electron chi connectivity index (χ4n) is 3.11. The predicted octanol–water partition coefficient (Wildman–Crippen LogP) is 2.97. The van der Waals surface area contributed by atoms with Crippen LogP contribution in [0.15, 0.2) is 11.3 Å². The van der Waals surface area contributed by atoms with Crippen molar-refractivity contribution in [3.8, 4) is 0 Å². The van der Waals surface area contributed by atoms with Gasteiger partial charge >= 0.3 is 0 Å². The van der Waals surface area contributed by atoms with Gasteiger partial charge in [0, 0.05) is 19.3 Å². The van der Waals surface area contributed by atoms with Crippen molar-refractivity contribution in [1.29, 1.82) is 0 Å². The Morgan fingerprint density at radius 1 is 1.17 bits per heavy atom. The molecule has 2 bridgehead atoms. The largest absolute Gasteiger partial charge is 0.500 e. The van der Waals surface area contributed by atoms with Gasteiger partial charge in [-0.3, -0.25) is 4.70 Å². The molecule has 1 unspecified atom stereocenters. The van der Waals surface area contributed by atoms with Crippen molar-refractivity contribution in [3.05, 3.63) is 16.8 Å². The molecule has 1 spiro atoms. The molecule has 66 valence electrons. The first-order chi connectivity index (χ1) is 5.34. The van der Waals surface area contributed by atoms with Crippen LogP contribution in [0.5, 0.6) is 0 Å². The lowest BCUT2D eigenvalue weighted by Crippen LogP contribution is -2.51. The molecule has 1 aliphatic carbocycles. The molecule has 3 aliphatic rings. The normalized spacial score (nSPS) is 37.2. The summed E-state index contributed by atoms with van der Waals surface area (Å²) in [6.07, 6.45) is 7.34. The van der Waals surface area contributed by atoms with Gasteiger partial charge in [0.25, 0.3) is 0 Å². The Kier molecular flexibility index (Phi) is 1.69. The Morgan fingerprint density at radius 2 is 1.83 bits per heavy atom. The molecule has 0 radical (unpaired) electrons. The van der Waals surface area contributed by atoms with Crippen LogP contribution in [0.25, 0.3) is 5.53 Å². The number of allylic oxidation sites excluding steroid dienone is 1. The molecule has 12 heavy (non-hydrogen) atoms. The Morgan fingerprint density at radius 3 is 2.42 bits per heavy atom. The van der Waals surface area contributed by atoms with E-state index in [1.165, 1.54) is 37.8 Å². The third-order valence-corrected chi connectivity index (χ3v) is 3.59. The molecule has 0 aromatic heterocycles. The number of piperidine rings is 1. The van der Waals surface area contributed by atoms with Gasteiger partial charge in [0.2, 0.25) is 0 Å². The van der Waals surface area contributed by atoms with Crippen LogP contribution in [-0.4, -0.2) is 10.2 Å². The van der Waals surface area contributed by atoms with E-state index in [4.69, 9.17) is 0 Å². The van der Waals surface area contributed by atoms with Crippen LogP contribution in [0.2, 0.25) is 0 Å². The highest BCUT2D eigenvalue weighted by Gasteiger charge is 2.59. The van der Waals surface area contributed by atoms with Crippen molar-refractivity contribution in [2.45, 2.75) is 44.1 Å². The molecule has 0 amide bonds. The Balaban J connectivity index is 0.000000563. The van der Waals surface area contributed by atoms with Crippen molar-refractivity contribution in [3.63, 3.8) is 0 Å². The van der Waals surface area contributed by atoms with Gasteiger partial charge in [0.05, 0.1) is 5.57 Å². The van der Waals surface area contributed by atoms with E-state index in [1.54, 1.807) is 10.3 Å². The van der Waals surface area contributed by atoms with Crippen LogP contribution in [-0.2, 0) is 0 Å². The summed E-state index contributed by atoms with van der Waals surface area (Å²) in [5.41, 5.74) is 12.7. The summed E-state index contributed by atoms with van der Waals surface area (Å²) in [5.74, 6) is 0. The van der Waals surface area contributed by atoms with E-state index in [0.29, 0.717) is 0 Å². The first-order valence-electron chi connectivity index (χ1n) is 4.56. The van der Waals surface area contributed by atoms with Gasteiger partial charge in [0.15, 0.2) is 11.2 Å². The second-order valence-corrected chi connectivity index (χ2v) is 3.98. The Hall–Kier alpha value is -0.180. The third kappa shape index (κ3) is 0.668. The van der Waals surface area contributed by atoms with Gasteiger partial charge in [-0.25, -0.2) is 0 Å². The summed E-state index contributed by atoms with van der Waals surface area (Å²) >= 11 is 0. The van der Waals surface area contributed by atoms with E-state index in [0.717, 1.165) is 6.42 Å². The van der Waals surface area contributed by atoms with E-state index in [2.05, 4.69) is 0 Å². The molecule has 2 heterocycles. The predicted molar refractivity (Wildman–Crippen MR) is 51.4 cm³/mol. The van der Waals surface area contributed by atoms with Crippen LogP contribution in [0.3, 0.4) is 0 Å². The lowest BCUT2D eigenvalue weighted by molar-refractivity contribution is -0.615. The van der Waals surface area contributed by atoms with Crippen molar-refractivity contribution >= 4 is 17.0 Å². The minimum absolute atomic E-state index is 0. The molecule has 3 rings (SSSR count). The third-order valence-electron chi connectivity index (χ3n) is 3.59. The van der Waals surface area contributed by atoms with Crippen molar-refractivity contribution in [2.75, 3.05) is 0 Å². The fraction of sp³-hybridized carbons (Fsp3) is 0.778. The monoisotopic (exact) mass is 228 g/mol. The highest BCUT2D eigenvalue weighted by molar-refractivity contribution is 8.93. The van der Waals surface area contributed by atoms with Gasteiger partial charge < -0.3 is 5.53 Å². The summed E-state index contributed by atoms with van der Waals surface area (Å²) in [5, 5.41) is 0. The summed E-state index contributed by atoms with van der Waals surface area (Å²) < 4.78 is 1.57. The molecule has 1 atom stereocenters. The van der Waals surface area contributed by atoms with Crippen LogP contribution in [0.4, 0.5) is 0 Å². The molecule has 3 heteroatoms. The quantitative estimate of drug-likeness (QED) is 0.570. The maximum atomic E-state index is 9.66. The highest BCUT2D eigenvalue weighted by atomic mass is 79.9. The maximum Gasteiger partial charge on any atom is 0.183 e. The van der Waals surface area contributed by atoms with Gasteiger partial charge in [-0.15, -0.1) is 17.0 Å². The smallest absolute Gasteiger partial charge is 0.183 e. The van der Waals surface area contributed by atoms with Crippen molar-refractivity contribution in [1.82, 2.24) is 0 Å². The molecule has 0 aromatic rings. The first kappa shape index (κ1) is 8.42. The zero-order chi connectivity index (χ0) is 7.47. The van der Waals surface area contributed by atoms with E-state index in [-0.39, 0.29) is 22.5 Å². The first-order valence-corrected chi connectivity index (χ1v) is 4.56. The number of fused-ring (bicyclic) bond motifs is 1. The van der Waals surface area contributed by atoms with Crippen molar-refractivity contribution < 1.29 is 4.70 Å². The average Bonchev–Trinajstić information content (AvgIpc) is 2.43. The number of rotatable bonds is 0. The minimum Gasteiger partial charge on any atom is -0.500 e. The minimum atomic E-state index is 0. The fourth-order valence-corrected chi connectivity index (χ4v) is 3.11. The van der Waals surface area contributed by atoms with Gasteiger partial charge in [-0.1, -0.05) is 0 Å². The lowest BCUT2D eigenvalue weighted by Gasteiger charge is -2.44. The average molecular weight is 229 g/mol. The van der Waals surface area contributed by atoms with Gasteiger partial charge in [-0.2, -0.15) is 0 Å². The second-order valence-electron chi connectivity index (χ2n) is 3.98. The number of hydrogen-bond donors (Lipinski definition) is 0. The van der Waals surface area contributed by atoms with Crippen LogP contribution in [0.1, 0.15) is 38.5 Å². The molecular formula is C9H13BrN2. The Bertz CT molecular complexity index is 282. The standard InChI is InChI=1S/C9H12N2.BrH/c10-11-8-4-2-6-9(11)5-1-3-7(8)9;/h1-6H2;1H. The maximum absolute atomic E-state index is 9.66. The summed E-state index contributed by atoms with van der Waals surface area (Å²) in [6, 6.07) is 0. The summed E-state index contributed by atoms with van der Waals surface area (Å²) in [7, 11) is 0. The van der Waals surface area contributed by atoms with E-state index in [9.17, 15) is 5.53 Å². The molecule has 1 saturated carbocycles.